The van der Waals surface area contributed by atoms with Crippen LogP contribution in [0.4, 0.5) is 13.2 Å². The van der Waals surface area contributed by atoms with E-state index in [2.05, 4.69) is 4.74 Å². The van der Waals surface area contributed by atoms with E-state index in [1.807, 2.05) is 0 Å². The number of hydrogen-bond acceptors (Lipinski definition) is 3. The van der Waals surface area contributed by atoms with Crippen molar-refractivity contribution in [3.8, 4) is 0 Å². The van der Waals surface area contributed by atoms with Gasteiger partial charge in [0.25, 0.3) is 0 Å². The van der Waals surface area contributed by atoms with Crippen LogP contribution in [0.1, 0.15) is 19.3 Å². The summed E-state index contributed by atoms with van der Waals surface area (Å²) in [5.41, 5.74) is 3.02. The van der Waals surface area contributed by atoms with Crippen LogP contribution in [0.3, 0.4) is 0 Å². The van der Waals surface area contributed by atoms with Gasteiger partial charge in [-0.1, -0.05) is 0 Å². The Morgan fingerprint density at radius 2 is 2.14 bits per heavy atom. The fraction of sp³-hybridized carbons (Fsp3) is 0.875. The van der Waals surface area contributed by atoms with E-state index in [1.54, 1.807) is 0 Å². The summed E-state index contributed by atoms with van der Waals surface area (Å²) < 4.78 is 42.2. The van der Waals surface area contributed by atoms with Gasteiger partial charge in [0.05, 0.1) is 7.11 Å². The van der Waals surface area contributed by atoms with Crippen molar-refractivity contribution >= 4 is 5.97 Å². The van der Waals surface area contributed by atoms with Crippen LogP contribution in [0.15, 0.2) is 0 Å². The first-order valence-electron chi connectivity index (χ1n) is 4.24. The maximum atomic E-state index is 12.7. The number of ether oxygens (including phenoxy) is 1. The molecular weight excluding hydrogens is 199 g/mol. The third kappa shape index (κ3) is 1.58. The molecule has 14 heavy (non-hydrogen) atoms. The second kappa shape index (κ2) is 3.42. The number of halogens is 3. The van der Waals surface area contributed by atoms with Crippen molar-refractivity contribution in [2.45, 2.75) is 31.5 Å². The van der Waals surface area contributed by atoms with E-state index in [-0.39, 0.29) is 19.3 Å². The zero-order valence-corrected chi connectivity index (χ0v) is 7.73. The van der Waals surface area contributed by atoms with Crippen molar-refractivity contribution in [1.82, 2.24) is 0 Å². The predicted molar refractivity (Wildman–Crippen MR) is 42.3 cm³/mol. The Balaban J connectivity index is 2.98. The van der Waals surface area contributed by atoms with Gasteiger partial charge in [0.15, 0.2) is 5.41 Å². The molecule has 6 heteroatoms. The lowest BCUT2D eigenvalue weighted by Crippen LogP contribution is -2.44. The van der Waals surface area contributed by atoms with E-state index in [0.717, 1.165) is 7.11 Å². The molecule has 82 valence electrons. The van der Waals surface area contributed by atoms with Gasteiger partial charge in [-0.2, -0.15) is 13.2 Å². The van der Waals surface area contributed by atoms with Crippen LogP contribution < -0.4 is 5.73 Å². The number of hydrogen-bond donors (Lipinski definition) is 1. The highest BCUT2D eigenvalue weighted by atomic mass is 19.4. The largest absolute Gasteiger partial charge is 0.468 e. The summed E-state index contributed by atoms with van der Waals surface area (Å²) in [7, 11) is 0.958. The molecule has 0 spiro atoms. The van der Waals surface area contributed by atoms with Crippen LogP contribution in [0.5, 0.6) is 0 Å². The Bertz CT molecular complexity index is 241. The van der Waals surface area contributed by atoms with E-state index in [0.29, 0.717) is 0 Å². The number of esters is 1. The number of carbonyl (C=O) groups is 1. The molecule has 1 aliphatic carbocycles. The second-order valence-corrected chi connectivity index (χ2v) is 3.57. The quantitative estimate of drug-likeness (QED) is 0.663. The fourth-order valence-corrected chi connectivity index (χ4v) is 1.84. The summed E-state index contributed by atoms with van der Waals surface area (Å²) in [6.45, 7) is 0. The fourth-order valence-electron chi connectivity index (χ4n) is 1.84. The van der Waals surface area contributed by atoms with E-state index >= 15 is 0 Å². The van der Waals surface area contributed by atoms with Gasteiger partial charge in [-0.25, -0.2) is 0 Å². The Hall–Kier alpha value is -0.780. The highest BCUT2D eigenvalue weighted by Gasteiger charge is 2.63. The van der Waals surface area contributed by atoms with E-state index < -0.39 is 23.6 Å². The lowest BCUT2D eigenvalue weighted by molar-refractivity contribution is -0.231. The summed E-state index contributed by atoms with van der Waals surface area (Å²) >= 11 is 0. The molecule has 0 bridgehead atoms. The van der Waals surface area contributed by atoms with Crippen LogP contribution in [0.2, 0.25) is 0 Å². The third-order valence-corrected chi connectivity index (χ3v) is 2.67. The van der Waals surface area contributed by atoms with Gasteiger partial charge in [0.2, 0.25) is 0 Å². The Labute approximate surface area is 79.4 Å². The SMILES string of the molecule is COC(=O)[C@]1(C(F)(F)F)CC[C@@H](N)C1. The number of carbonyl (C=O) groups excluding carboxylic acids is 1. The first kappa shape index (κ1) is 11.3. The van der Waals surface area contributed by atoms with Crippen LogP contribution >= 0.6 is 0 Å². The summed E-state index contributed by atoms with van der Waals surface area (Å²) in [4.78, 5) is 11.1. The van der Waals surface area contributed by atoms with Gasteiger partial charge in [0, 0.05) is 6.04 Å². The van der Waals surface area contributed by atoms with E-state index in [4.69, 9.17) is 5.73 Å². The molecule has 0 aromatic heterocycles. The first-order chi connectivity index (χ1) is 6.33. The van der Waals surface area contributed by atoms with E-state index in [9.17, 15) is 18.0 Å². The molecule has 2 N–H and O–H groups in total. The average molecular weight is 211 g/mol. The summed E-state index contributed by atoms with van der Waals surface area (Å²) in [5, 5.41) is 0. The normalized spacial score (nSPS) is 33.1. The Morgan fingerprint density at radius 1 is 1.57 bits per heavy atom. The molecule has 2 atom stereocenters. The van der Waals surface area contributed by atoms with Gasteiger partial charge < -0.3 is 10.5 Å². The van der Waals surface area contributed by atoms with Gasteiger partial charge in [-0.15, -0.1) is 0 Å². The van der Waals surface area contributed by atoms with Crippen molar-refractivity contribution in [2.24, 2.45) is 11.1 Å². The molecular formula is C8H12F3NO2. The highest BCUT2D eigenvalue weighted by molar-refractivity contribution is 5.78. The smallest absolute Gasteiger partial charge is 0.404 e. The van der Waals surface area contributed by atoms with Crippen LogP contribution in [-0.2, 0) is 9.53 Å². The molecule has 0 aromatic carbocycles. The molecule has 0 aromatic rings. The number of alkyl halides is 3. The van der Waals surface area contributed by atoms with Gasteiger partial charge >= 0.3 is 12.1 Å². The zero-order chi connectivity index (χ0) is 11.0. The second-order valence-electron chi connectivity index (χ2n) is 3.57. The summed E-state index contributed by atoms with van der Waals surface area (Å²) in [5.74, 6) is -1.22. The van der Waals surface area contributed by atoms with Crippen molar-refractivity contribution in [3.63, 3.8) is 0 Å². The van der Waals surface area contributed by atoms with Crippen LogP contribution in [0, 0.1) is 5.41 Å². The maximum Gasteiger partial charge on any atom is 0.404 e. The van der Waals surface area contributed by atoms with Gasteiger partial charge in [-0.05, 0) is 19.3 Å². The molecule has 1 fully saturated rings. The van der Waals surface area contributed by atoms with Crippen molar-refractivity contribution < 1.29 is 22.7 Å². The number of nitrogens with two attached hydrogens (primary N) is 1. The predicted octanol–water partition coefficient (Wildman–Crippen LogP) is 1.22. The third-order valence-electron chi connectivity index (χ3n) is 2.67. The highest BCUT2D eigenvalue weighted by Crippen LogP contribution is 2.50. The zero-order valence-electron chi connectivity index (χ0n) is 7.73. The number of methoxy groups -OCH3 is 1. The minimum Gasteiger partial charge on any atom is -0.468 e. The number of rotatable bonds is 1. The standard InChI is InChI=1S/C8H12F3NO2/c1-14-6(13)7(8(9,10)11)3-2-5(12)4-7/h5H,2-4,12H2,1H3/t5-,7+/m1/s1. The molecule has 0 heterocycles. The summed E-state index contributed by atoms with van der Waals surface area (Å²) in [6, 6.07) is -0.573. The molecule has 0 radical (unpaired) electrons. The van der Waals surface area contributed by atoms with E-state index in [1.165, 1.54) is 0 Å². The molecule has 1 aliphatic rings. The molecule has 1 saturated carbocycles. The van der Waals surface area contributed by atoms with Crippen LogP contribution in [-0.4, -0.2) is 25.3 Å². The molecule has 0 unspecified atom stereocenters. The van der Waals surface area contributed by atoms with Crippen molar-refractivity contribution in [1.29, 1.82) is 0 Å². The Morgan fingerprint density at radius 3 is 2.43 bits per heavy atom. The molecule has 0 saturated heterocycles. The minimum absolute atomic E-state index is 0.203. The maximum absolute atomic E-state index is 12.7. The summed E-state index contributed by atoms with van der Waals surface area (Å²) in [6.07, 6.45) is -5.02. The van der Waals surface area contributed by atoms with Gasteiger partial charge in [-0.3, -0.25) is 4.79 Å². The molecule has 3 nitrogen and oxygen atoms in total. The first-order valence-corrected chi connectivity index (χ1v) is 4.24. The molecule has 0 aliphatic heterocycles. The van der Waals surface area contributed by atoms with Crippen molar-refractivity contribution in [3.05, 3.63) is 0 Å². The lowest BCUT2D eigenvalue weighted by atomic mass is 9.85. The molecule has 0 amide bonds. The lowest BCUT2D eigenvalue weighted by Gasteiger charge is -2.28. The molecule has 1 rings (SSSR count). The van der Waals surface area contributed by atoms with Crippen molar-refractivity contribution in [2.75, 3.05) is 7.11 Å². The van der Waals surface area contributed by atoms with Gasteiger partial charge in [0.1, 0.15) is 0 Å². The minimum atomic E-state index is -4.58. The Kier molecular flexibility index (Phi) is 2.76. The average Bonchev–Trinajstić information content (AvgIpc) is 2.46. The monoisotopic (exact) mass is 211 g/mol. The topological polar surface area (TPSA) is 52.3 Å². The van der Waals surface area contributed by atoms with Crippen LogP contribution in [0.25, 0.3) is 0 Å².